The summed E-state index contributed by atoms with van der Waals surface area (Å²) in [6.45, 7) is 4.25. The summed E-state index contributed by atoms with van der Waals surface area (Å²) in [4.78, 5) is 11.4. The molecule has 1 atom stereocenters. The summed E-state index contributed by atoms with van der Waals surface area (Å²) in [5, 5.41) is 3.14. The predicted octanol–water partition coefficient (Wildman–Crippen LogP) is 2.60. The second-order valence-corrected chi connectivity index (χ2v) is 4.84. The third-order valence-corrected chi connectivity index (χ3v) is 3.58. The highest BCUT2D eigenvalue weighted by Crippen LogP contribution is 2.27. The van der Waals surface area contributed by atoms with Crippen molar-refractivity contribution in [3.63, 3.8) is 0 Å². The van der Waals surface area contributed by atoms with Crippen molar-refractivity contribution in [3.05, 3.63) is 35.4 Å². The number of amides is 1. The molecule has 86 valence electrons. The number of benzene rings is 1. The minimum Gasteiger partial charge on any atom is -0.350 e. The van der Waals surface area contributed by atoms with Crippen LogP contribution in [0.25, 0.3) is 0 Å². The minimum absolute atomic E-state index is 0.00629. The van der Waals surface area contributed by atoms with Gasteiger partial charge in [0.2, 0.25) is 5.91 Å². The van der Waals surface area contributed by atoms with Crippen molar-refractivity contribution < 1.29 is 4.79 Å². The molecule has 1 heterocycles. The van der Waals surface area contributed by atoms with Crippen LogP contribution in [0.4, 0.5) is 0 Å². The maximum atomic E-state index is 11.4. The lowest BCUT2D eigenvalue weighted by atomic mass is 9.87. The van der Waals surface area contributed by atoms with E-state index >= 15 is 0 Å². The Labute approximate surface area is 97.1 Å². The molecule has 1 aliphatic rings. The maximum Gasteiger partial charge on any atom is 0.220 e. The number of aryl methyl sites for hydroxylation is 1. The first-order chi connectivity index (χ1) is 7.63. The lowest BCUT2D eigenvalue weighted by Gasteiger charge is -2.27. The standard InChI is InChI=1S/C14H19NO/c1-3-14(9-8-13(16)15-14)10-12-6-4-11(2)5-7-12/h4-7H,3,8-10H2,1-2H3,(H,15,16). The maximum absolute atomic E-state index is 11.4. The quantitative estimate of drug-likeness (QED) is 0.828. The first-order valence-electron chi connectivity index (χ1n) is 6.00. The van der Waals surface area contributed by atoms with Gasteiger partial charge in [0.15, 0.2) is 0 Å². The van der Waals surface area contributed by atoms with E-state index in [-0.39, 0.29) is 11.4 Å². The molecule has 16 heavy (non-hydrogen) atoms. The van der Waals surface area contributed by atoms with Crippen LogP contribution < -0.4 is 5.32 Å². The van der Waals surface area contributed by atoms with Crippen LogP contribution in [0.3, 0.4) is 0 Å². The summed E-state index contributed by atoms with van der Waals surface area (Å²) in [5.74, 6) is 0.203. The van der Waals surface area contributed by atoms with Crippen LogP contribution in [-0.4, -0.2) is 11.4 Å². The van der Waals surface area contributed by atoms with E-state index in [0.29, 0.717) is 6.42 Å². The van der Waals surface area contributed by atoms with E-state index in [0.717, 1.165) is 19.3 Å². The Kier molecular flexibility index (Phi) is 2.99. The number of rotatable bonds is 3. The Morgan fingerprint density at radius 3 is 2.50 bits per heavy atom. The first kappa shape index (κ1) is 11.2. The van der Waals surface area contributed by atoms with Gasteiger partial charge in [0, 0.05) is 12.0 Å². The molecular weight excluding hydrogens is 198 g/mol. The third kappa shape index (κ3) is 2.26. The molecule has 0 aromatic heterocycles. The Bertz CT molecular complexity index is 382. The fourth-order valence-electron chi connectivity index (χ4n) is 2.39. The second-order valence-electron chi connectivity index (χ2n) is 4.84. The Morgan fingerprint density at radius 2 is 2.00 bits per heavy atom. The largest absolute Gasteiger partial charge is 0.350 e. The van der Waals surface area contributed by atoms with Crippen molar-refractivity contribution in [2.75, 3.05) is 0 Å². The van der Waals surface area contributed by atoms with Gasteiger partial charge in [0.1, 0.15) is 0 Å². The van der Waals surface area contributed by atoms with Gasteiger partial charge in [-0.25, -0.2) is 0 Å². The van der Waals surface area contributed by atoms with Crippen LogP contribution in [-0.2, 0) is 11.2 Å². The predicted molar refractivity (Wildman–Crippen MR) is 65.3 cm³/mol. The van der Waals surface area contributed by atoms with Gasteiger partial charge in [-0.1, -0.05) is 36.8 Å². The third-order valence-electron chi connectivity index (χ3n) is 3.58. The molecule has 0 saturated carbocycles. The molecule has 0 radical (unpaired) electrons. The van der Waals surface area contributed by atoms with E-state index in [1.807, 2.05) is 0 Å². The number of hydrogen-bond acceptors (Lipinski definition) is 1. The lowest BCUT2D eigenvalue weighted by molar-refractivity contribution is -0.119. The SMILES string of the molecule is CCC1(Cc2ccc(C)cc2)CCC(=O)N1. The Balaban J connectivity index is 2.13. The summed E-state index contributed by atoms with van der Waals surface area (Å²) in [7, 11) is 0. The summed E-state index contributed by atoms with van der Waals surface area (Å²) in [6, 6.07) is 8.60. The molecule has 1 amide bonds. The molecule has 0 spiro atoms. The normalized spacial score (nSPS) is 24.5. The minimum atomic E-state index is 0.00629. The monoisotopic (exact) mass is 217 g/mol. The Hall–Kier alpha value is -1.31. The van der Waals surface area contributed by atoms with Crippen LogP contribution in [0.1, 0.15) is 37.3 Å². The molecule has 1 N–H and O–H groups in total. The zero-order valence-electron chi connectivity index (χ0n) is 10.0. The summed E-state index contributed by atoms with van der Waals surface area (Å²) in [5.41, 5.74) is 2.60. The van der Waals surface area contributed by atoms with Gasteiger partial charge in [0.25, 0.3) is 0 Å². The fraction of sp³-hybridized carbons (Fsp3) is 0.500. The van der Waals surface area contributed by atoms with Crippen molar-refractivity contribution in [1.82, 2.24) is 5.32 Å². The molecule has 1 aromatic carbocycles. The van der Waals surface area contributed by atoms with Crippen LogP contribution in [0.15, 0.2) is 24.3 Å². The summed E-state index contributed by atoms with van der Waals surface area (Å²) >= 11 is 0. The lowest BCUT2D eigenvalue weighted by Crippen LogP contribution is -2.42. The Morgan fingerprint density at radius 1 is 1.31 bits per heavy atom. The van der Waals surface area contributed by atoms with Gasteiger partial charge >= 0.3 is 0 Å². The van der Waals surface area contributed by atoms with Crippen molar-refractivity contribution in [1.29, 1.82) is 0 Å². The molecule has 1 aliphatic heterocycles. The van der Waals surface area contributed by atoms with Gasteiger partial charge in [0.05, 0.1) is 0 Å². The first-order valence-corrected chi connectivity index (χ1v) is 6.00. The summed E-state index contributed by atoms with van der Waals surface area (Å²) in [6.07, 6.45) is 3.61. The van der Waals surface area contributed by atoms with Crippen molar-refractivity contribution in [3.8, 4) is 0 Å². The molecule has 2 rings (SSSR count). The molecule has 0 aliphatic carbocycles. The van der Waals surface area contributed by atoms with E-state index in [4.69, 9.17) is 0 Å². The summed E-state index contributed by atoms with van der Waals surface area (Å²) < 4.78 is 0. The number of nitrogens with one attached hydrogen (secondary N) is 1. The number of carbonyl (C=O) groups is 1. The second kappa shape index (κ2) is 4.28. The van der Waals surface area contributed by atoms with Crippen LogP contribution in [0.5, 0.6) is 0 Å². The van der Waals surface area contributed by atoms with Crippen LogP contribution in [0.2, 0.25) is 0 Å². The van der Waals surface area contributed by atoms with Crippen LogP contribution in [0, 0.1) is 6.92 Å². The highest BCUT2D eigenvalue weighted by molar-refractivity contribution is 5.79. The van der Waals surface area contributed by atoms with Crippen molar-refractivity contribution in [2.45, 2.75) is 45.1 Å². The van der Waals surface area contributed by atoms with E-state index in [1.165, 1.54) is 11.1 Å². The fourth-order valence-corrected chi connectivity index (χ4v) is 2.39. The number of carbonyl (C=O) groups excluding carboxylic acids is 1. The topological polar surface area (TPSA) is 29.1 Å². The van der Waals surface area contributed by atoms with E-state index in [9.17, 15) is 4.79 Å². The molecular formula is C14H19NO. The molecule has 1 unspecified atom stereocenters. The molecule has 2 nitrogen and oxygen atoms in total. The van der Waals surface area contributed by atoms with Crippen molar-refractivity contribution in [2.24, 2.45) is 0 Å². The van der Waals surface area contributed by atoms with Crippen molar-refractivity contribution >= 4 is 5.91 Å². The van der Waals surface area contributed by atoms with Gasteiger partial charge in [-0.2, -0.15) is 0 Å². The smallest absolute Gasteiger partial charge is 0.220 e. The van der Waals surface area contributed by atoms with Gasteiger partial charge in [-0.15, -0.1) is 0 Å². The molecule has 1 fully saturated rings. The van der Waals surface area contributed by atoms with Crippen LogP contribution >= 0.6 is 0 Å². The van der Waals surface area contributed by atoms with Gasteiger partial charge in [-0.3, -0.25) is 4.79 Å². The average Bonchev–Trinajstić information content (AvgIpc) is 2.64. The highest BCUT2D eigenvalue weighted by Gasteiger charge is 2.35. The highest BCUT2D eigenvalue weighted by atomic mass is 16.2. The number of hydrogen-bond donors (Lipinski definition) is 1. The molecule has 1 saturated heterocycles. The zero-order chi connectivity index (χ0) is 11.6. The van der Waals surface area contributed by atoms with Gasteiger partial charge in [-0.05, 0) is 31.7 Å². The van der Waals surface area contributed by atoms with E-state index in [1.54, 1.807) is 0 Å². The van der Waals surface area contributed by atoms with E-state index < -0.39 is 0 Å². The average molecular weight is 217 g/mol. The molecule has 0 bridgehead atoms. The van der Waals surface area contributed by atoms with E-state index in [2.05, 4.69) is 43.4 Å². The zero-order valence-corrected chi connectivity index (χ0v) is 10.0. The molecule has 2 heteroatoms. The molecule has 1 aromatic rings. The van der Waals surface area contributed by atoms with Gasteiger partial charge < -0.3 is 5.32 Å².